The summed E-state index contributed by atoms with van der Waals surface area (Å²) in [6, 6.07) is 19.3. The van der Waals surface area contributed by atoms with Gasteiger partial charge in [-0.25, -0.2) is 4.39 Å². The molecule has 4 aliphatic rings. The van der Waals surface area contributed by atoms with Gasteiger partial charge in [-0.05, 0) is 94.4 Å². The second-order valence-electron chi connectivity index (χ2n) is 16.9. The lowest BCUT2D eigenvalue weighted by Crippen LogP contribution is -2.54. The van der Waals surface area contributed by atoms with Crippen molar-refractivity contribution in [2.24, 2.45) is 5.92 Å². The van der Waals surface area contributed by atoms with Crippen molar-refractivity contribution in [2.45, 2.75) is 57.2 Å². The Kier molecular flexibility index (Phi) is 12.0. The molecule has 312 valence electrons. The molecule has 5 heterocycles. The van der Waals surface area contributed by atoms with Crippen LogP contribution in [0.5, 0.6) is 0 Å². The minimum atomic E-state index is -0.879. The number of unbranched alkanes of at least 4 members (excludes halogenated alkanes) is 1. The van der Waals surface area contributed by atoms with Crippen molar-refractivity contribution in [1.82, 2.24) is 40.3 Å². The molecule has 0 aliphatic carbocycles. The van der Waals surface area contributed by atoms with Crippen molar-refractivity contribution in [1.29, 1.82) is 0 Å². The van der Waals surface area contributed by atoms with E-state index >= 15 is 0 Å². The Morgan fingerprint density at radius 1 is 0.898 bits per heavy atom. The van der Waals surface area contributed by atoms with Crippen LogP contribution in [0.3, 0.4) is 0 Å². The highest BCUT2D eigenvalue weighted by molar-refractivity contribution is 5.99. The third-order valence-corrected chi connectivity index (χ3v) is 12.8. The number of hydrogen-bond acceptors (Lipinski definition) is 11. The van der Waals surface area contributed by atoms with Crippen molar-refractivity contribution in [2.75, 3.05) is 89.3 Å². The van der Waals surface area contributed by atoms with Gasteiger partial charge in [0.05, 0.1) is 11.3 Å². The average molecular weight is 807 g/mol. The first kappa shape index (κ1) is 40.5. The second kappa shape index (κ2) is 17.5. The number of piperazine rings is 1. The number of rotatable bonds is 13. The smallest absolute Gasteiger partial charge is 0.278 e. The summed E-state index contributed by atoms with van der Waals surface area (Å²) < 4.78 is 15.7. The maximum atomic E-state index is 14.6. The molecule has 4 fully saturated rings. The minimum absolute atomic E-state index is 0.0490. The Balaban J connectivity index is 0.740. The molecule has 3 aromatic carbocycles. The number of likely N-dealkylation sites (tertiary alicyclic amines) is 1. The summed E-state index contributed by atoms with van der Waals surface area (Å²) in [5.74, 6) is -0.747. The van der Waals surface area contributed by atoms with Crippen LogP contribution in [0, 0.1) is 18.7 Å². The molecular weight excluding hydrogens is 752 g/mol. The highest BCUT2D eigenvalue weighted by Gasteiger charge is 2.36. The molecule has 15 heteroatoms. The first-order valence-corrected chi connectivity index (χ1v) is 21.0. The summed E-state index contributed by atoms with van der Waals surface area (Å²) in [5.41, 5.74) is 5.19. The lowest BCUT2D eigenvalue weighted by Gasteiger charge is -2.40. The van der Waals surface area contributed by atoms with Crippen LogP contribution in [-0.4, -0.2) is 133 Å². The molecule has 59 heavy (non-hydrogen) atoms. The normalized spacial score (nSPS) is 21.9. The zero-order valence-electron chi connectivity index (χ0n) is 34.3. The molecule has 0 saturated carbocycles. The van der Waals surface area contributed by atoms with Gasteiger partial charge in [0.2, 0.25) is 11.8 Å². The minimum Gasteiger partial charge on any atom is -0.370 e. The Hall–Kier alpha value is -5.25. The third-order valence-electron chi connectivity index (χ3n) is 12.8. The summed E-state index contributed by atoms with van der Waals surface area (Å²) in [7, 11) is 4.29. The molecule has 14 nitrogen and oxygen atoms in total. The molecule has 0 radical (unpaired) electrons. The zero-order valence-corrected chi connectivity index (χ0v) is 34.3. The van der Waals surface area contributed by atoms with Crippen molar-refractivity contribution in [3.05, 3.63) is 93.5 Å². The quantitative estimate of drug-likeness (QED) is 0.152. The van der Waals surface area contributed by atoms with E-state index in [4.69, 9.17) is 0 Å². The Labute approximate surface area is 344 Å². The molecule has 0 bridgehead atoms. The van der Waals surface area contributed by atoms with Gasteiger partial charge < -0.3 is 20.0 Å². The molecule has 3 amide bonds. The first-order valence-electron chi connectivity index (χ1n) is 21.0. The highest BCUT2D eigenvalue weighted by Crippen LogP contribution is 2.33. The molecule has 1 unspecified atom stereocenters. The van der Waals surface area contributed by atoms with Crippen molar-refractivity contribution < 1.29 is 18.8 Å². The van der Waals surface area contributed by atoms with Crippen LogP contribution >= 0.6 is 0 Å². The highest BCUT2D eigenvalue weighted by atomic mass is 19.1. The third kappa shape index (κ3) is 8.87. The van der Waals surface area contributed by atoms with Crippen molar-refractivity contribution in [3.63, 3.8) is 0 Å². The maximum Gasteiger partial charge on any atom is 0.278 e. The lowest BCUT2D eigenvalue weighted by atomic mass is 9.93. The van der Waals surface area contributed by atoms with Gasteiger partial charge in [-0.15, -0.1) is 5.10 Å². The number of amides is 3. The number of nitrogens with zero attached hydrogens (tertiary/aromatic N) is 8. The predicted octanol–water partition coefficient (Wildman–Crippen LogP) is 2.90. The maximum absolute atomic E-state index is 14.6. The number of halogens is 1. The topological polar surface area (TPSA) is 139 Å². The van der Waals surface area contributed by atoms with E-state index in [0.717, 1.165) is 80.2 Å². The number of anilines is 2. The lowest BCUT2D eigenvalue weighted by molar-refractivity contribution is -0.136. The number of nitrogens with one attached hydrogen (secondary N) is 2. The molecule has 4 saturated heterocycles. The molecule has 4 aromatic rings. The molecule has 1 aromatic heterocycles. The van der Waals surface area contributed by atoms with Crippen LogP contribution in [0.2, 0.25) is 0 Å². The van der Waals surface area contributed by atoms with E-state index in [1.165, 1.54) is 11.3 Å². The fraction of sp³-hybridized carbons (Fsp3) is 0.500. The van der Waals surface area contributed by atoms with Gasteiger partial charge in [-0.1, -0.05) is 29.5 Å². The number of carbonyl (C=O) groups excluding carboxylic acids is 3. The van der Waals surface area contributed by atoms with E-state index in [-0.39, 0.29) is 36.4 Å². The van der Waals surface area contributed by atoms with Crippen LogP contribution < -0.4 is 26.0 Å². The number of imide groups is 1. The molecule has 2 N–H and O–H groups in total. The molecular formula is C44H55FN10O4. The van der Waals surface area contributed by atoms with Gasteiger partial charge in [-0.3, -0.25) is 34.3 Å². The SMILES string of the molecule is Cc1cccc(F)c1CN1C[C@H](c2ccc(N3CCN(CCCCNC(=O)C4CN(c5ccc6nnn(C7CCC(=O)NC7=O)c(=O)c6c5)C4)CC3)cc2)[C@@H](N(C)C)C1. The number of carbonyl (C=O) groups is 3. The largest absolute Gasteiger partial charge is 0.370 e. The summed E-state index contributed by atoms with van der Waals surface area (Å²) in [6.07, 6.45) is 2.27. The van der Waals surface area contributed by atoms with Gasteiger partial charge in [0.25, 0.3) is 11.5 Å². The van der Waals surface area contributed by atoms with Gasteiger partial charge in [0.15, 0.2) is 0 Å². The fourth-order valence-corrected chi connectivity index (χ4v) is 9.13. The van der Waals surface area contributed by atoms with Gasteiger partial charge in [0.1, 0.15) is 17.4 Å². The zero-order chi connectivity index (χ0) is 41.2. The summed E-state index contributed by atoms with van der Waals surface area (Å²) in [6.45, 7) is 11.2. The summed E-state index contributed by atoms with van der Waals surface area (Å²) in [5, 5.41) is 13.8. The Morgan fingerprint density at radius 3 is 2.39 bits per heavy atom. The number of fused-ring (bicyclic) bond motifs is 1. The van der Waals surface area contributed by atoms with Crippen LogP contribution in [-0.2, 0) is 20.9 Å². The van der Waals surface area contributed by atoms with Gasteiger partial charge in [0, 0.05) is 101 Å². The monoisotopic (exact) mass is 806 g/mol. The predicted molar refractivity (Wildman–Crippen MR) is 225 cm³/mol. The number of hydrogen-bond donors (Lipinski definition) is 2. The Bertz CT molecular complexity index is 2210. The van der Waals surface area contributed by atoms with Crippen LogP contribution in [0.25, 0.3) is 10.9 Å². The number of benzene rings is 3. The first-order chi connectivity index (χ1) is 28.5. The Morgan fingerprint density at radius 2 is 1.66 bits per heavy atom. The van der Waals surface area contributed by atoms with E-state index in [9.17, 15) is 23.6 Å². The molecule has 3 atom stereocenters. The van der Waals surface area contributed by atoms with Gasteiger partial charge in [-0.2, -0.15) is 4.68 Å². The number of likely N-dealkylation sites (N-methyl/N-ethyl adjacent to an activating group) is 1. The van der Waals surface area contributed by atoms with E-state index in [1.807, 2.05) is 19.1 Å². The number of aromatic nitrogens is 3. The second-order valence-corrected chi connectivity index (χ2v) is 16.9. The molecule has 8 rings (SSSR count). The summed E-state index contributed by atoms with van der Waals surface area (Å²) >= 11 is 0. The van der Waals surface area contributed by atoms with Crippen molar-refractivity contribution in [3.8, 4) is 0 Å². The number of piperidine rings is 1. The van der Waals surface area contributed by atoms with Crippen LogP contribution in [0.4, 0.5) is 15.8 Å². The van der Waals surface area contributed by atoms with E-state index in [0.29, 0.717) is 49.0 Å². The van der Waals surface area contributed by atoms with Crippen LogP contribution in [0.15, 0.2) is 65.5 Å². The van der Waals surface area contributed by atoms with E-state index in [2.05, 4.69) is 83.8 Å². The van der Waals surface area contributed by atoms with Crippen molar-refractivity contribution >= 4 is 40.0 Å². The van der Waals surface area contributed by atoms with Gasteiger partial charge >= 0.3 is 0 Å². The standard InChI is InChI=1S/C44H55FN10O4/c1-29-7-6-8-37(45)35(29)26-52-27-36(40(28-52)50(2)3)30-9-11-32(12-10-30)53-21-19-51(20-22-53)18-5-4-17-46-42(57)31-24-54(25-31)33-13-14-38-34(23-33)44(59)55(49-48-38)39-15-16-41(56)47-43(39)58/h6-14,23,31,36,39-40H,4-5,15-22,24-28H2,1-3H3,(H,46,57)(H,47,56,58)/t36-,39?,40+/m1/s1. The fourth-order valence-electron chi connectivity index (χ4n) is 9.13. The van der Waals surface area contributed by atoms with E-state index in [1.54, 1.807) is 24.3 Å². The summed E-state index contributed by atoms with van der Waals surface area (Å²) in [4.78, 5) is 61.9. The van der Waals surface area contributed by atoms with E-state index < -0.39 is 17.5 Å². The number of aryl methyl sites for hydroxylation is 1. The average Bonchev–Trinajstić information content (AvgIpc) is 3.64. The van der Waals surface area contributed by atoms with Crippen LogP contribution in [0.1, 0.15) is 54.3 Å². The molecule has 0 spiro atoms. The molecule has 4 aliphatic heterocycles.